The fourth-order valence-electron chi connectivity index (χ4n) is 5.79. The summed E-state index contributed by atoms with van der Waals surface area (Å²) in [7, 11) is 2.12. The molecule has 0 bridgehead atoms. The van der Waals surface area contributed by atoms with Gasteiger partial charge in [-0.15, -0.1) is 0 Å². The van der Waals surface area contributed by atoms with Gasteiger partial charge in [0, 0.05) is 43.9 Å². The first-order valence-corrected chi connectivity index (χ1v) is 12.9. The third-order valence-electron chi connectivity index (χ3n) is 8.02. The molecule has 1 radical (unpaired) electrons. The number of likely N-dealkylation sites (tertiary alicyclic amines) is 1. The minimum atomic E-state index is -0.104. The summed E-state index contributed by atoms with van der Waals surface area (Å²) in [5.74, 6) is 1.51. The van der Waals surface area contributed by atoms with Gasteiger partial charge in [0.2, 0.25) is 5.91 Å². The molecule has 1 saturated carbocycles. The number of hydrogen-bond acceptors (Lipinski definition) is 4. The number of ether oxygens (including phenoxy) is 1. The third-order valence-corrected chi connectivity index (χ3v) is 8.02. The SMILES string of the molecule is [CH2]CN(C)Cc1cn(C2CCCCO2)nc1C1CCC2(CC1)CCN(CCC(C)C)C2=O. The number of aromatic nitrogens is 2. The smallest absolute Gasteiger partial charge is 0.228 e. The van der Waals surface area contributed by atoms with Crippen LogP contribution >= 0.6 is 0 Å². The van der Waals surface area contributed by atoms with Crippen LogP contribution < -0.4 is 0 Å². The van der Waals surface area contributed by atoms with Crippen molar-refractivity contribution < 1.29 is 9.53 Å². The zero-order chi connectivity index (χ0) is 22.7. The van der Waals surface area contributed by atoms with Crippen LogP contribution in [0.4, 0.5) is 0 Å². The Kier molecular flexibility index (Phi) is 7.61. The van der Waals surface area contributed by atoms with Gasteiger partial charge in [0.05, 0.1) is 11.1 Å². The summed E-state index contributed by atoms with van der Waals surface area (Å²) in [5.41, 5.74) is 2.44. The van der Waals surface area contributed by atoms with Gasteiger partial charge in [-0.3, -0.25) is 4.79 Å². The quantitative estimate of drug-likeness (QED) is 0.581. The lowest BCUT2D eigenvalue weighted by molar-refractivity contribution is -0.137. The Hall–Kier alpha value is -1.40. The molecule has 179 valence electrons. The van der Waals surface area contributed by atoms with E-state index >= 15 is 0 Å². The van der Waals surface area contributed by atoms with Gasteiger partial charge in [0.15, 0.2) is 0 Å². The van der Waals surface area contributed by atoms with Crippen LogP contribution in [0.1, 0.15) is 95.0 Å². The summed E-state index contributed by atoms with van der Waals surface area (Å²) < 4.78 is 8.10. The highest BCUT2D eigenvalue weighted by atomic mass is 16.5. The van der Waals surface area contributed by atoms with Crippen LogP contribution in [0.2, 0.25) is 0 Å². The van der Waals surface area contributed by atoms with Crippen molar-refractivity contribution in [2.24, 2.45) is 11.3 Å². The molecule has 3 fully saturated rings. The number of rotatable bonds is 8. The molecule has 0 aromatic carbocycles. The van der Waals surface area contributed by atoms with Gasteiger partial charge in [0.1, 0.15) is 6.23 Å². The first-order chi connectivity index (χ1) is 15.4. The molecule has 6 nitrogen and oxygen atoms in total. The predicted molar refractivity (Wildman–Crippen MR) is 127 cm³/mol. The van der Waals surface area contributed by atoms with E-state index in [1.54, 1.807) is 0 Å². The first kappa shape index (κ1) is 23.7. The Balaban J connectivity index is 1.45. The molecule has 3 heterocycles. The van der Waals surface area contributed by atoms with E-state index < -0.39 is 0 Å². The number of amides is 1. The van der Waals surface area contributed by atoms with Crippen LogP contribution in [0, 0.1) is 18.3 Å². The van der Waals surface area contributed by atoms with Crippen molar-refractivity contribution in [1.82, 2.24) is 19.6 Å². The number of nitrogens with zero attached hydrogens (tertiary/aromatic N) is 4. The number of carbonyl (C=O) groups is 1. The minimum absolute atomic E-state index is 0.0714. The molecule has 32 heavy (non-hydrogen) atoms. The maximum Gasteiger partial charge on any atom is 0.228 e. The van der Waals surface area contributed by atoms with Gasteiger partial charge in [-0.05, 0) is 84.2 Å². The minimum Gasteiger partial charge on any atom is -0.357 e. The summed E-state index contributed by atoms with van der Waals surface area (Å²) >= 11 is 0. The number of hydrogen-bond donors (Lipinski definition) is 0. The maximum absolute atomic E-state index is 13.3. The summed E-state index contributed by atoms with van der Waals surface area (Å²) in [6, 6.07) is 0. The summed E-state index contributed by atoms with van der Waals surface area (Å²) in [6.45, 7) is 12.9. The van der Waals surface area contributed by atoms with Crippen LogP contribution in [0.15, 0.2) is 6.20 Å². The highest BCUT2D eigenvalue weighted by molar-refractivity contribution is 5.85. The molecule has 2 saturated heterocycles. The normalized spacial score (nSPS) is 29.1. The number of carbonyl (C=O) groups excluding carboxylic acids is 1. The van der Waals surface area contributed by atoms with E-state index in [1.807, 2.05) is 0 Å². The molecule has 2 aliphatic heterocycles. The van der Waals surface area contributed by atoms with E-state index in [0.717, 1.165) is 84.2 Å². The molecule has 1 aliphatic carbocycles. The molecule has 4 rings (SSSR count). The fourth-order valence-corrected chi connectivity index (χ4v) is 5.79. The summed E-state index contributed by atoms with van der Waals surface area (Å²) in [4.78, 5) is 17.7. The topological polar surface area (TPSA) is 50.6 Å². The summed E-state index contributed by atoms with van der Waals surface area (Å²) in [5, 5.41) is 5.09. The van der Waals surface area contributed by atoms with Gasteiger partial charge in [-0.2, -0.15) is 5.10 Å². The molecule has 1 spiro atoms. The van der Waals surface area contributed by atoms with Crippen molar-refractivity contribution in [3.8, 4) is 0 Å². The van der Waals surface area contributed by atoms with Crippen LogP contribution in [0.5, 0.6) is 0 Å². The van der Waals surface area contributed by atoms with E-state index in [4.69, 9.17) is 9.84 Å². The van der Waals surface area contributed by atoms with Crippen molar-refractivity contribution in [1.29, 1.82) is 0 Å². The predicted octanol–water partition coefficient (Wildman–Crippen LogP) is 4.77. The van der Waals surface area contributed by atoms with Gasteiger partial charge < -0.3 is 14.5 Å². The average Bonchev–Trinajstić information content (AvgIpc) is 3.35. The molecule has 1 amide bonds. The van der Waals surface area contributed by atoms with Crippen LogP contribution in [-0.2, 0) is 16.1 Å². The molecule has 3 aliphatic rings. The Morgan fingerprint density at radius 1 is 1.25 bits per heavy atom. The molecule has 1 atom stereocenters. The van der Waals surface area contributed by atoms with E-state index in [-0.39, 0.29) is 11.6 Å². The monoisotopic (exact) mass is 443 g/mol. The Labute approximate surface area is 194 Å². The Morgan fingerprint density at radius 2 is 2.03 bits per heavy atom. The second kappa shape index (κ2) is 10.3. The van der Waals surface area contributed by atoms with Crippen molar-refractivity contribution in [2.75, 3.05) is 33.3 Å². The largest absolute Gasteiger partial charge is 0.357 e. The Morgan fingerprint density at radius 3 is 2.69 bits per heavy atom. The molecule has 0 N–H and O–H groups in total. The standard InChI is InChI=1S/C26H43N4O2/c1-5-28(4)18-22-19-30(23-8-6-7-17-32-23)27-24(22)21-9-12-26(13-10-21)14-16-29(25(26)31)15-11-20(2)3/h19-21,23H,1,5-18H2,2-4H3. The fraction of sp³-hybridized carbons (Fsp3) is 0.808. The second-order valence-electron chi connectivity index (χ2n) is 10.9. The van der Waals surface area contributed by atoms with Gasteiger partial charge in [0.25, 0.3) is 0 Å². The summed E-state index contributed by atoms with van der Waals surface area (Å²) in [6.07, 6.45) is 12.0. The van der Waals surface area contributed by atoms with E-state index in [2.05, 4.69) is 48.5 Å². The molecule has 1 unspecified atom stereocenters. The van der Waals surface area contributed by atoms with E-state index in [1.165, 1.54) is 17.7 Å². The lowest BCUT2D eigenvalue weighted by Crippen LogP contribution is -2.38. The molecular weight excluding hydrogens is 400 g/mol. The van der Waals surface area contributed by atoms with Crippen molar-refractivity contribution in [2.45, 2.75) is 90.3 Å². The average molecular weight is 444 g/mol. The highest BCUT2D eigenvalue weighted by Crippen LogP contribution is 2.49. The van der Waals surface area contributed by atoms with Gasteiger partial charge in [-0.25, -0.2) is 4.68 Å². The Bertz CT molecular complexity index is 760. The first-order valence-electron chi connectivity index (χ1n) is 12.9. The van der Waals surface area contributed by atoms with Crippen molar-refractivity contribution in [3.63, 3.8) is 0 Å². The van der Waals surface area contributed by atoms with Crippen molar-refractivity contribution >= 4 is 5.91 Å². The van der Waals surface area contributed by atoms with E-state index in [0.29, 0.717) is 17.7 Å². The van der Waals surface area contributed by atoms with E-state index in [9.17, 15) is 4.79 Å². The van der Waals surface area contributed by atoms with Gasteiger partial charge >= 0.3 is 0 Å². The van der Waals surface area contributed by atoms with Crippen molar-refractivity contribution in [3.05, 3.63) is 24.4 Å². The molecule has 1 aromatic rings. The van der Waals surface area contributed by atoms with Crippen LogP contribution in [0.3, 0.4) is 0 Å². The van der Waals surface area contributed by atoms with Gasteiger partial charge in [-0.1, -0.05) is 13.8 Å². The lowest BCUT2D eigenvalue weighted by Gasteiger charge is -2.35. The third kappa shape index (κ3) is 5.06. The second-order valence-corrected chi connectivity index (χ2v) is 10.9. The van der Waals surface area contributed by atoms with Crippen LogP contribution in [0.25, 0.3) is 0 Å². The van der Waals surface area contributed by atoms with Crippen LogP contribution in [-0.4, -0.2) is 58.8 Å². The lowest BCUT2D eigenvalue weighted by atomic mass is 9.68. The molecule has 1 aromatic heterocycles. The highest BCUT2D eigenvalue weighted by Gasteiger charge is 2.48. The zero-order valence-corrected chi connectivity index (χ0v) is 20.5. The maximum atomic E-state index is 13.3. The zero-order valence-electron chi connectivity index (χ0n) is 20.5. The molecule has 6 heteroatoms. The molecular formula is C26H43N4O2.